The summed E-state index contributed by atoms with van der Waals surface area (Å²) in [6.45, 7) is 7.24. The number of aryl methyl sites for hydroxylation is 1. The van der Waals surface area contributed by atoms with Gasteiger partial charge in [-0.25, -0.2) is 0 Å². The average Bonchev–Trinajstić information content (AvgIpc) is 3.35. The molecule has 8 heteroatoms. The van der Waals surface area contributed by atoms with E-state index in [1.54, 1.807) is 11.0 Å². The van der Waals surface area contributed by atoms with E-state index in [2.05, 4.69) is 29.0 Å². The number of hydrogen-bond acceptors (Lipinski definition) is 6. The van der Waals surface area contributed by atoms with Crippen molar-refractivity contribution in [3.63, 3.8) is 0 Å². The molecule has 33 heavy (non-hydrogen) atoms. The first-order chi connectivity index (χ1) is 15.9. The van der Waals surface area contributed by atoms with Crippen LogP contribution in [0.1, 0.15) is 51.9 Å². The smallest absolute Gasteiger partial charge is 0.255 e. The van der Waals surface area contributed by atoms with E-state index in [9.17, 15) is 14.4 Å². The molecule has 3 aliphatic heterocycles. The Morgan fingerprint density at radius 2 is 2.00 bits per heavy atom. The molecule has 3 amide bonds. The van der Waals surface area contributed by atoms with Gasteiger partial charge < -0.3 is 9.64 Å². The van der Waals surface area contributed by atoms with E-state index in [1.807, 2.05) is 24.5 Å². The molecule has 1 unspecified atom stereocenters. The van der Waals surface area contributed by atoms with E-state index in [0.29, 0.717) is 18.5 Å². The number of ether oxygens (including phenoxy) is 1. The Morgan fingerprint density at radius 1 is 1.15 bits per heavy atom. The van der Waals surface area contributed by atoms with Crippen LogP contribution in [0.2, 0.25) is 0 Å². The van der Waals surface area contributed by atoms with Crippen LogP contribution < -0.4 is 10.1 Å². The minimum Gasteiger partial charge on any atom is -0.489 e. The highest BCUT2D eigenvalue weighted by atomic mass is 16.5. The number of likely N-dealkylation sites (tertiary alicyclic amines) is 1. The van der Waals surface area contributed by atoms with E-state index >= 15 is 0 Å². The van der Waals surface area contributed by atoms with Crippen molar-refractivity contribution in [2.24, 2.45) is 0 Å². The summed E-state index contributed by atoms with van der Waals surface area (Å²) in [6, 6.07) is 4.93. The molecule has 8 nitrogen and oxygen atoms in total. The third kappa shape index (κ3) is 4.23. The number of hydrogen-bond donors (Lipinski definition) is 1. The Balaban J connectivity index is 1.22. The lowest BCUT2D eigenvalue weighted by Crippen LogP contribution is -2.52. The zero-order valence-electron chi connectivity index (χ0n) is 19.0. The Kier molecular flexibility index (Phi) is 5.62. The summed E-state index contributed by atoms with van der Waals surface area (Å²) < 4.78 is 6.26. The number of aromatic nitrogens is 1. The first kappa shape index (κ1) is 21.6. The molecule has 1 aromatic carbocycles. The van der Waals surface area contributed by atoms with E-state index in [0.717, 1.165) is 37.4 Å². The maximum Gasteiger partial charge on any atom is 0.255 e. The molecule has 0 aliphatic carbocycles. The van der Waals surface area contributed by atoms with Crippen molar-refractivity contribution in [3.05, 3.63) is 58.4 Å². The van der Waals surface area contributed by atoms with Gasteiger partial charge in [-0.1, -0.05) is 0 Å². The Hall–Kier alpha value is -3.26. The minimum atomic E-state index is -0.602. The minimum absolute atomic E-state index is 0.0875. The summed E-state index contributed by atoms with van der Waals surface area (Å²) in [5.74, 6) is -0.100. The number of pyridine rings is 1. The molecule has 4 heterocycles. The molecule has 0 radical (unpaired) electrons. The third-order valence-electron chi connectivity index (χ3n) is 6.99. The maximum atomic E-state index is 12.9. The molecule has 0 spiro atoms. The van der Waals surface area contributed by atoms with Crippen molar-refractivity contribution < 1.29 is 19.1 Å². The quantitative estimate of drug-likeness (QED) is 0.705. The predicted octanol–water partition coefficient (Wildman–Crippen LogP) is 2.11. The number of nitrogens with zero attached hydrogens (tertiary/aromatic N) is 3. The van der Waals surface area contributed by atoms with Crippen molar-refractivity contribution in [2.75, 3.05) is 13.1 Å². The summed E-state index contributed by atoms with van der Waals surface area (Å²) in [5.41, 5.74) is 5.21. The zero-order chi connectivity index (χ0) is 23.1. The van der Waals surface area contributed by atoms with Crippen LogP contribution in [-0.2, 0) is 22.7 Å². The Morgan fingerprint density at radius 3 is 2.82 bits per heavy atom. The number of piperidine rings is 1. The average molecular weight is 449 g/mol. The van der Waals surface area contributed by atoms with Gasteiger partial charge in [-0.2, -0.15) is 0 Å². The molecule has 5 rings (SSSR count). The van der Waals surface area contributed by atoms with Gasteiger partial charge >= 0.3 is 0 Å². The highest BCUT2D eigenvalue weighted by Gasteiger charge is 2.39. The number of imide groups is 1. The highest BCUT2D eigenvalue weighted by molar-refractivity contribution is 6.05. The van der Waals surface area contributed by atoms with Gasteiger partial charge in [-0.05, 0) is 67.1 Å². The number of nitrogens with one attached hydrogen (secondary N) is 1. The molecule has 1 aromatic heterocycles. The number of carbonyl (C=O) groups excluding carboxylic acids is 3. The summed E-state index contributed by atoms with van der Waals surface area (Å²) in [5, 5.41) is 2.34. The molecule has 2 saturated heterocycles. The topological polar surface area (TPSA) is 91.8 Å². The van der Waals surface area contributed by atoms with E-state index in [-0.39, 0.29) is 24.3 Å². The van der Waals surface area contributed by atoms with E-state index < -0.39 is 11.9 Å². The van der Waals surface area contributed by atoms with Gasteiger partial charge in [0.05, 0.1) is 0 Å². The fourth-order valence-corrected chi connectivity index (χ4v) is 4.94. The molecule has 2 aromatic rings. The molecule has 0 bridgehead atoms. The fourth-order valence-electron chi connectivity index (χ4n) is 4.94. The molecular weight excluding hydrogens is 420 g/mol. The van der Waals surface area contributed by atoms with E-state index in [4.69, 9.17) is 4.74 Å². The van der Waals surface area contributed by atoms with Crippen LogP contribution in [0.15, 0.2) is 30.6 Å². The zero-order valence-corrected chi connectivity index (χ0v) is 19.0. The van der Waals surface area contributed by atoms with Gasteiger partial charge in [0.2, 0.25) is 11.8 Å². The molecule has 172 valence electrons. The van der Waals surface area contributed by atoms with Crippen LogP contribution in [-0.4, -0.2) is 57.7 Å². The number of fused-ring (bicyclic) bond motifs is 1. The second-order valence-corrected chi connectivity index (χ2v) is 9.22. The van der Waals surface area contributed by atoms with Crippen molar-refractivity contribution in [1.29, 1.82) is 0 Å². The standard InChI is InChI=1S/C25H28N4O4/c1-15-10-26-11-18(16(15)2)12-28-8-7-20(14-28)33-19-3-4-21-17(9-19)13-29(25(21)32)22-5-6-23(30)27-24(22)31/h3-4,9-11,20,22H,5-8,12-14H2,1-2H3,(H,27,30,31)/t20-,22?/m0/s1. The Labute approximate surface area is 192 Å². The second-order valence-electron chi connectivity index (χ2n) is 9.22. The van der Waals surface area contributed by atoms with Crippen molar-refractivity contribution in [2.45, 2.75) is 58.3 Å². The third-order valence-corrected chi connectivity index (χ3v) is 6.99. The number of rotatable bonds is 5. The Bertz CT molecular complexity index is 1130. The van der Waals surface area contributed by atoms with Crippen LogP contribution in [0.4, 0.5) is 0 Å². The maximum absolute atomic E-state index is 12.9. The van der Waals surface area contributed by atoms with Gasteiger partial charge in [0.25, 0.3) is 5.91 Å². The van der Waals surface area contributed by atoms with Gasteiger partial charge in [-0.15, -0.1) is 0 Å². The monoisotopic (exact) mass is 448 g/mol. The second kappa shape index (κ2) is 8.59. The molecule has 2 atom stereocenters. The summed E-state index contributed by atoms with van der Waals surface area (Å²) in [6.07, 6.45) is 5.49. The van der Waals surface area contributed by atoms with Crippen LogP contribution in [0.25, 0.3) is 0 Å². The van der Waals surface area contributed by atoms with Crippen LogP contribution >= 0.6 is 0 Å². The largest absolute Gasteiger partial charge is 0.489 e. The molecule has 1 N–H and O–H groups in total. The summed E-state index contributed by atoms with van der Waals surface area (Å²) in [4.78, 5) is 44.8. The van der Waals surface area contributed by atoms with Gasteiger partial charge in [0.1, 0.15) is 17.9 Å². The molecule has 2 fully saturated rings. The summed E-state index contributed by atoms with van der Waals surface area (Å²) in [7, 11) is 0. The number of amides is 3. The predicted molar refractivity (Wildman–Crippen MR) is 121 cm³/mol. The summed E-state index contributed by atoms with van der Waals surface area (Å²) >= 11 is 0. The van der Waals surface area contributed by atoms with Gasteiger partial charge in [0.15, 0.2) is 0 Å². The van der Waals surface area contributed by atoms with Crippen LogP contribution in [0.3, 0.4) is 0 Å². The van der Waals surface area contributed by atoms with E-state index in [1.165, 1.54) is 16.7 Å². The van der Waals surface area contributed by atoms with Crippen molar-refractivity contribution >= 4 is 17.7 Å². The lowest BCUT2D eigenvalue weighted by atomic mass is 10.0. The first-order valence-corrected chi connectivity index (χ1v) is 11.5. The highest BCUT2D eigenvalue weighted by Crippen LogP contribution is 2.31. The van der Waals surface area contributed by atoms with Crippen molar-refractivity contribution in [1.82, 2.24) is 20.1 Å². The molecule has 0 saturated carbocycles. The lowest BCUT2D eigenvalue weighted by Gasteiger charge is -2.29. The van der Waals surface area contributed by atoms with Crippen LogP contribution in [0.5, 0.6) is 5.75 Å². The molecule has 3 aliphatic rings. The normalized spacial score (nSPS) is 23.1. The SMILES string of the molecule is Cc1cncc(CN2CC[C@H](Oc3ccc4c(c3)CN(C3CCC(=O)NC3=O)C4=O)C2)c1C. The van der Waals surface area contributed by atoms with Gasteiger partial charge in [-0.3, -0.25) is 29.6 Å². The lowest BCUT2D eigenvalue weighted by molar-refractivity contribution is -0.136. The number of carbonyl (C=O) groups is 3. The van der Waals surface area contributed by atoms with Crippen LogP contribution in [0, 0.1) is 13.8 Å². The first-order valence-electron chi connectivity index (χ1n) is 11.5. The fraction of sp³-hybridized carbons (Fsp3) is 0.440. The number of benzene rings is 1. The molecular formula is C25H28N4O4. The van der Waals surface area contributed by atoms with Gasteiger partial charge in [0, 0.05) is 50.6 Å². The van der Waals surface area contributed by atoms with Crippen molar-refractivity contribution in [3.8, 4) is 5.75 Å².